The average molecular weight is 257 g/mol. The molecule has 1 aliphatic carbocycles. The van der Waals surface area contributed by atoms with Gasteiger partial charge in [0.15, 0.2) is 0 Å². The number of aryl methyl sites for hydroxylation is 2. The van der Waals surface area contributed by atoms with Crippen molar-refractivity contribution in [3.63, 3.8) is 0 Å². The lowest BCUT2D eigenvalue weighted by atomic mass is 9.97. The molecule has 4 heteroatoms. The van der Waals surface area contributed by atoms with E-state index in [-0.39, 0.29) is 6.04 Å². The molecular weight excluding hydrogens is 239 g/mol. The minimum absolute atomic E-state index is 0.201. The normalized spacial score (nSPS) is 17.8. The van der Waals surface area contributed by atoms with Crippen molar-refractivity contribution < 1.29 is 13.2 Å². The molecule has 0 bridgehead atoms. The van der Waals surface area contributed by atoms with Crippen molar-refractivity contribution in [3.8, 4) is 0 Å². The second-order valence-electron chi connectivity index (χ2n) is 5.18. The van der Waals surface area contributed by atoms with Gasteiger partial charge < -0.3 is 5.73 Å². The summed E-state index contributed by atoms with van der Waals surface area (Å²) < 4.78 is 37.5. The van der Waals surface area contributed by atoms with E-state index < -0.39 is 11.7 Å². The Labute approximate surface area is 105 Å². The molecule has 1 aromatic carbocycles. The van der Waals surface area contributed by atoms with E-state index in [2.05, 4.69) is 0 Å². The van der Waals surface area contributed by atoms with E-state index in [1.54, 1.807) is 13.0 Å². The Balaban J connectivity index is 2.00. The smallest absolute Gasteiger partial charge is 0.327 e. The fourth-order valence-electron chi connectivity index (χ4n) is 2.23. The zero-order valence-corrected chi connectivity index (χ0v) is 10.4. The van der Waals surface area contributed by atoms with E-state index in [1.807, 2.05) is 0 Å². The van der Waals surface area contributed by atoms with Crippen LogP contribution in [0.25, 0.3) is 0 Å². The fraction of sp³-hybridized carbons (Fsp3) is 0.571. The third-order valence-electron chi connectivity index (χ3n) is 3.64. The summed E-state index contributed by atoms with van der Waals surface area (Å²) in [6, 6.07) is 4.16. The Morgan fingerprint density at radius 2 is 2.00 bits per heavy atom. The Bertz CT molecular complexity index is 422. The van der Waals surface area contributed by atoms with Crippen molar-refractivity contribution in [1.82, 2.24) is 0 Å². The van der Waals surface area contributed by atoms with Crippen molar-refractivity contribution >= 4 is 0 Å². The van der Waals surface area contributed by atoms with Crippen LogP contribution >= 0.6 is 0 Å². The van der Waals surface area contributed by atoms with Gasteiger partial charge in [0.25, 0.3) is 0 Å². The number of nitrogens with two attached hydrogens (primary N) is 1. The van der Waals surface area contributed by atoms with Crippen LogP contribution < -0.4 is 5.73 Å². The van der Waals surface area contributed by atoms with Crippen molar-refractivity contribution in [1.29, 1.82) is 0 Å². The van der Waals surface area contributed by atoms with Gasteiger partial charge in [-0.15, -0.1) is 0 Å². The van der Waals surface area contributed by atoms with Gasteiger partial charge >= 0.3 is 6.18 Å². The summed E-state index contributed by atoms with van der Waals surface area (Å²) in [5.41, 5.74) is 7.10. The second-order valence-corrected chi connectivity index (χ2v) is 5.18. The van der Waals surface area contributed by atoms with Crippen LogP contribution in [-0.4, -0.2) is 6.04 Å². The molecule has 1 saturated carbocycles. The zero-order valence-electron chi connectivity index (χ0n) is 10.4. The molecule has 1 aliphatic rings. The predicted molar refractivity (Wildman–Crippen MR) is 65.2 cm³/mol. The molecule has 100 valence electrons. The van der Waals surface area contributed by atoms with Gasteiger partial charge in [0.1, 0.15) is 0 Å². The quantitative estimate of drug-likeness (QED) is 0.874. The molecule has 0 heterocycles. The Hall–Kier alpha value is -1.03. The van der Waals surface area contributed by atoms with Crippen LogP contribution in [-0.2, 0) is 12.6 Å². The summed E-state index contributed by atoms with van der Waals surface area (Å²) in [5.74, 6) is 0.639. The first-order chi connectivity index (χ1) is 8.38. The number of hydrogen-bond donors (Lipinski definition) is 1. The number of alkyl halides is 3. The van der Waals surface area contributed by atoms with Crippen LogP contribution in [0, 0.1) is 12.8 Å². The van der Waals surface area contributed by atoms with Gasteiger partial charge in [-0.1, -0.05) is 6.07 Å². The standard InChI is InChI=1S/C14H18F3N/c1-9-8-12(14(15,16)17)6-4-10(9)5-7-13(18)11-2-3-11/h4,6,8,11,13H,2-3,5,7,18H2,1H3. The lowest BCUT2D eigenvalue weighted by Gasteiger charge is -2.13. The van der Waals surface area contributed by atoms with E-state index in [0.29, 0.717) is 11.5 Å². The third kappa shape index (κ3) is 3.25. The summed E-state index contributed by atoms with van der Waals surface area (Å²) in [7, 11) is 0. The molecule has 1 atom stereocenters. The molecule has 0 spiro atoms. The molecule has 0 radical (unpaired) electrons. The Morgan fingerprint density at radius 3 is 2.50 bits per heavy atom. The number of benzene rings is 1. The van der Waals surface area contributed by atoms with Crippen LogP contribution in [0.15, 0.2) is 18.2 Å². The zero-order chi connectivity index (χ0) is 13.3. The van der Waals surface area contributed by atoms with Crippen LogP contribution in [0.4, 0.5) is 13.2 Å². The molecule has 0 aliphatic heterocycles. The number of rotatable bonds is 4. The van der Waals surface area contributed by atoms with Gasteiger partial charge in [0, 0.05) is 6.04 Å². The molecule has 1 aromatic rings. The SMILES string of the molecule is Cc1cc(C(F)(F)F)ccc1CCC(N)C1CC1. The average Bonchev–Trinajstić information content (AvgIpc) is 3.09. The van der Waals surface area contributed by atoms with Gasteiger partial charge in [-0.3, -0.25) is 0 Å². The number of halogens is 3. The van der Waals surface area contributed by atoms with Gasteiger partial charge in [-0.2, -0.15) is 13.2 Å². The highest BCUT2D eigenvalue weighted by Gasteiger charge is 2.31. The highest BCUT2D eigenvalue weighted by atomic mass is 19.4. The van der Waals surface area contributed by atoms with E-state index in [4.69, 9.17) is 5.73 Å². The summed E-state index contributed by atoms with van der Waals surface area (Å²) in [5, 5.41) is 0. The fourth-order valence-corrected chi connectivity index (χ4v) is 2.23. The molecule has 2 N–H and O–H groups in total. The van der Waals surface area contributed by atoms with Crippen LogP contribution in [0.1, 0.15) is 36.0 Å². The maximum absolute atomic E-state index is 12.5. The molecule has 0 aromatic heterocycles. The predicted octanol–water partition coefficient (Wildman–Crippen LogP) is 3.68. The van der Waals surface area contributed by atoms with Crippen molar-refractivity contribution in [2.24, 2.45) is 11.7 Å². The van der Waals surface area contributed by atoms with Gasteiger partial charge in [-0.05, 0) is 61.8 Å². The first-order valence-corrected chi connectivity index (χ1v) is 6.30. The molecular formula is C14H18F3N. The first kappa shape index (κ1) is 13.4. The molecule has 18 heavy (non-hydrogen) atoms. The maximum atomic E-state index is 12.5. The lowest BCUT2D eigenvalue weighted by molar-refractivity contribution is -0.137. The maximum Gasteiger partial charge on any atom is 0.416 e. The topological polar surface area (TPSA) is 26.0 Å². The van der Waals surface area contributed by atoms with Gasteiger partial charge in [0.05, 0.1) is 5.56 Å². The lowest BCUT2D eigenvalue weighted by Crippen LogP contribution is -2.23. The van der Waals surface area contributed by atoms with Crippen molar-refractivity contribution in [3.05, 3.63) is 34.9 Å². The summed E-state index contributed by atoms with van der Waals surface area (Å²) in [6.07, 6.45) is -0.230. The second kappa shape index (κ2) is 4.92. The highest BCUT2D eigenvalue weighted by molar-refractivity contribution is 5.32. The summed E-state index contributed by atoms with van der Waals surface area (Å²) in [4.78, 5) is 0. The minimum Gasteiger partial charge on any atom is -0.327 e. The molecule has 1 unspecified atom stereocenters. The van der Waals surface area contributed by atoms with E-state index in [0.717, 1.165) is 24.5 Å². The van der Waals surface area contributed by atoms with Crippen molar-refractivity contribution in [2.75, 3.05) is 0 Å². The van der Waals surface area contributed by atoms with Crippen molar-refractivity contribution in [2.45, 2.75) is 44.8 Å². The minimum atomic E-state index is -4.26. The molecule has 2 rings (SSSR count). The third-order valence-corrected chi connectivity index (χ3v) is 3.64. The van der Waals surface area contributed by atoms with E-state index in [9.17, 15) is 13.2 Å². The van der Waals surface area contributed by atoms with Crippen LogP contribution in [0.2, 0.25) is 0 Å². The summed E-state index contributed by atoms with van der Waals surface area (Å²) >= 11 is 0. The van der Waals surface area contributed by atoms with Gasteiger partial charge in [0.2, 0.25) is 0 Å². The number of hydrogen-bond acceptors (Lipinski definition) is 1. The largest absolute Gasteiger partial charge is 0.416 e. The molecule has 0 saturated heterocycles. The summed E-state index contributed by atoms with van der Waals surface area (Å²) in [6.45, 7) is 1.73. The highest BCUT2D eigenvalue weighted by Crippen LogP contribution is 2.34. The van der Waals surface area contributed by atoms with E-state index in [1.165, 1.54) is 18.9 Å². The van der Waals surface area contributed by atoms with Crippen LogP contribution in [0.3, 0.4) is 0 Å². The van der Waals surface area contributed by atoms with Gasteiger partial charge in [-0.25, -0.2) is 0 Å². The first-order valence-electron chi connectivity index (χ1n) is 6.30. The van der Waals surface area contributed by atoms with E-state index >= 15 is 0 Å². The Kier molecular flexibility index (Phi) is 3.66. The molecule has 1 nitrogen and oxygen atoms in total. The molecule has 0 amide bonds. The Morgan fingerprint density at radius 1 is 1.33 bits per heavy atom. The monoisotopic (exact) mass is 257 g/mol. The van der Waals surface area contributed by atoms with Crippen LogP contribution in [0.5, 0.6) is 0 Å². The molecule has 1 fully saturated rings.